The van der Waals surface area contributed by atoms with E-state index in [-0.39, 0.29) is 45.9 Å². The number of aromatic hydroxyl groups is 1. The lowest BCUT2D eigenvalue weighted by Crippen LogP contribution is -2.39. The number of carboxylic acids is 1. The Morgan fingerprint density at radius 2 is 1.80 bits per heavy atom. The van der Waals surface area contributed by atoms with Crippen LogP contribution in [0.15, 0.2) is 41.0 Å². The van der Waals surface area contributed by atoms with Crippen LogP contribution in [0.3, 0.4) is 0 Å². The third kappa shape index (κ3) is 10.2. The average Bonchev–Trinajstić information content (AvgIpc) is 2.99. The zero-order chi connectivity index (χ0) is 36.9. The average molecular weight is 683 g/mol. The molecule has 0 bridgehead atoms. The first kappa shape index (κ1) is 39.7. The smallest absolute Gasteiger partial charge is 0.330 e. The number of ether oxygens (including phenoxy) is 3. The summed E-state index contributed by atoms with van der Waals surface area (Å²) in [7, 11) is 0. The fourth-order valence-electron chi connectivity index (χ4n) is 5.80. The molecule has 1 aromatic rings. The van der Waals surface area contributed by atoms with Gasteiger partial charge in [0.05, 0.1) is 29.5 Å². The Morgan fingerprint density at radius 3 is 2.39 bits per heavy atom. The Kier molecular flexibility index (Phi) is 12.9. The highest BCUT2D eigenvalue weighted by atomic mass is 16.5. The van der Waals surface area contributed by atoms with Crippen LogP contribution in [-0.2, 0) is 20.7 Å². The number of hydrogen-bond donors (Lipinski definition) is 4. The van der Waals surface area contributed by atoms with Crippen molar-refractivity contribution in [1.29, 1.82) is 0 Å². The predicted octanol–water partition coefficient (Wildman–Crippen LogP) is 6.68. The van der Waals surface area contributed by atoms with Crippen molar-refractivity contribution in [3.05, 3.63) is 57.7 Å². The standard InChI is InChI=1S/C39H54O10/c1-23(2)12-10-16-39(9)18-15-27-32(42)31-33(43)28(25(4)48-35(31)29(34(27)49-39)21-30(41)38(7,8)46)20-26(22-40)14-17-37(5,6)47-19-11-13-24(3)36(44)45/h12-13,15,18,20,22,25-26,30,41-42,46H,10-11,14,16-17,19,21H2,1-9H3,(H,44,45)/b24-13-,28-20+/t25?,26?,30?,39-/m0/s1. The Labute approximate surface area is 290 Å². The largest absolute Gasteiger partial charge is 0.506 e. The summed E-state index contributed by atoms with van der Waals surface area (Å²) in [6.45, 7) is 16.2. The summed E-state index contributed by atoms with van der Waals surface area (Å²) in [6, 6.07) is 0. The van der Waals surface area contributed by atoms with Gasteiger partial charge in [-0.15, -0.1) is 0 Å². The summed E-state index contributed by atoms with van der Waals surface area (Å²) in [4.78, 5) is 37.4. The maximum atomic E-state index is 14.2. The van der Waals surface area contributed by atoms with E-state index in [0.717, 1.165) is 12.7 Å². The van der Waals surface area contributed by atoms with E-state index in [4.69, 9.17) is 19.3 Å². The van der Waals surface area contributed by atoms with Crippen LogP contribution in [0.4, 0.5) is 0 Å². The van der Waals surface area contributed by atoms with Gasteiger partial charge in [-0.25, -0.2) is 4.79 Å². The van der Waals surface area contributed by atoms with Crippen LogP contribution < -0.4 is 9.47 Å². The molecule has 10 heteroatoms. The highest BCUT2D eigenvalue weighted by Gasteiger charge is 2.41. The molecule has 0 spiro atoms. The number of carboxylic acid groups (broad SMARTS) is 1. The van der Waals surface area contributed by atoms with E-state index in [1.807, 2.05) is 40.7 Å². The van der Waals surface area contributed by atoms with E-state index in [1.54, 1.807) is 25.2 Å². The first-order valence-electron chi connectivity index (χ1n) is 17.0. The molecule has 2 aliphatic rings. The second-order valence-corrected chi connectivity index (χ2v) is 14.9. The van der Waals surface area contributed by atoms with Crippen molar-refractivity contribution in [3.63, 3.8) is 0 Å². The number of benzene rings is 1. The molecular weight excluding hydrogens is 628 g/mol. The molecule has 2 aliphatic heterocycles. The fourth-order valence-corrected chi connectivity index (χ4v) is 5.80. The minimum atomic E-state index is -1.48. The molecule has 3 unspecified atom stereocenters. The van der Waals surface area contributed by atoms with Crippen molar-refractivity contribution in [2.75, 3.05) is 6.61 Å². The van der Waals surface area contributed by atoms with Crippen LogP contribution in [0.2, 0.25) is 0 Å². The Hall–Kier alpha value is -3.73. The van der Waals surface area contributed by atoms with Crippen LogP contribution in [-0.4, -0.2) is 74.1 Å². The van der Waals surface area contributed by atoms with Crippen LogP contribution in [0.5, 0.6) is 17.2 Å². The number of hydrogen-bond acceptors (Lipinski definition) is 9. The predicted molar refractivity (Wildman–Crippen MR) is 188 cm³/mol. The first-order valence-corrected chi connectivity index (χ1v) is 17.0. The molecule has 0 aliphatic carbocycles. The molecule has 0 aromatic heterocycles. The van der Waals surface area contributed by atoms with Gasteiger partial charge in [0, 0.05) is 29.0 Å². The van der Waals surface area contributed by atoms with E-state index in [1.165, 1.54) is 26.3 Å². The number of Topliss-reactive ketones (excluding diaryl/α,β-unsaturated/α-hetero) is 1. The van der Waals surface area contributed by atoms with Crippen molar-refractivity contribution in [2.45, 2.75) is 130 Å². The number of phenolic OH excluding ortho intramolecular Hbond substituents is 1. The van der Waals surface area contributed by atoms with Gasteiger partial charge in [-0.05, 0) is 107 Å². The molecule has 0 fully saturated rings. The van der Waals surface area contributed by atoms with Gasteiger partial charge in [0.1, 0.15) is 40.8 Å². The molecule has 1 aromatic carbocycles. The normalized spacial score (nSPS) is 21.3. The molecule has 0 amide bonds. The van der Waals surface area contributed by atoms with Gasteiger partial charge in [-0.1, -0.05) is 23.8 Å². The van der Waals surface area contributed by atoms with Gasteiger partial charge in [0.15, 0.2) is 5.78 Å². The molecular formula is C39H54O10. The van der Waals surface area contributed by atoms with Crippen molar-refractivity contribution in [3.8, 4) is 17.2 Å². The van der Waals surface area contributed by atoms with Crippen molar-refractivity contribution in [1.82, 2.24) is 0 Å². The maximum absolute atomic E-state index is 14.2. The van der Waals surface area contributed by atoms with Gasteiger partial charge < -0.3 is 39.4 Å². The molecule has 270 valence electrons. The Balaban J connectivity index is 1.96. The lowest BCUT2D eigenvalue weighted by atomic mass is 9.83. The number of aliphatic hydroxyl groups is 2. The van der Waals surface area contributed by atoms with E-state index >= 15 is 0 Å². The van der Waals surface area contributed by atoms with Gasteiger partial charge in [-0.2, -0.15) is 0 Å². The van der Waals surface area contributed by atoms with Crippen molar-refractivity contribution < 1.29 is 49.0 Å². The first-order chi connectivity index (χ1) is 22.7. The number of aldehydes is 1. The second kappa shape index (κ2) is 15.9. The molecule has 3 rings (SSSR count). The molecule has 0 radical (unpaired) electrons. The second-order valence-electron chi connectivity index (χ2n) is 14.9. The number of fused-ring (bicyclic) bond motifs is 2. The maximum Gasteiger partial charge on any atom is 0.330 e. The molecule has 49 heavy (non-hydrogen) atoms. The lowest BCUT2D eigenvalue weighted by molar-refractivity contribution is -0.132. The highest BCUT2D eigenvalue weighted by Crippen LogP contribution is 2.51. The summed E-state index contributed by atoms with van der Waals surface area (Å²) >= 11 is 0. The lowest BCUT2D eigenvalue weighted by Gasteiger charge is -2.37. The van der Waals surface area contributed by atoms with Gasteiger partial charge in [0.25, 0.3) is 0 Å². The number of carbonyl (C=O) groups excluding carboxylic acids is 2. The zero-order valence-electron chi connectivity index (χ0n) is 30.4. The van der Waals surface area contributed by atoms with Gasteiger partial charge in [-0.3, -0.25) is 4.79 Å². The SMILES string of the molecule is CC(C)=CCC[C@@]1(C)C=Cc2c(O)c3c(c(CC(O)C(C)(C)O)c2O1)OC(C)/C(=C\C(C=O)CCC(C)(C)OCC/C=C(/C)C(=O)O)C3=O. The summed E-state index contributed by atoms with van der Waals surface area (Å²) in [5.41, 5.74) is -0.631. The zero-order valence-corrected chi connectivity index (χ0v) is 30.4. The number of aliphatic hydroxyl groups excluding tert-OH is 1. The van der Waals surface area contributed by atoms with Crippen LogP contribution in [0.25, 0.3) is 6.08 Å². The third-order valence-corrected chi connectivity index (χ3v) is 9.12. The van der Waals surface area contributed by atoms with Gasteiger partial charge >= 0.3 is 5.97 Å². The van der Waals surface area contributed by atoms with Crippen LogP contribution in [0, 0.1) is 5.92 Å². The summed E-state index contributed by atoms with van der Waals surface area (Å²) in [6.07, 6.45) is 10.2. The van der Waals surface area contributed by atoms with E-state index < -0.39 is 46.7 Å². The number of phenols is 1. The molecule has 0 saturated heterocycles. The summed E-state index contributed by atoms with van der Waals surface area (Å²) in [5.74, 6) is -2.07. The number of ketones is 1. The number of carbonyl (C=O) groups is 3. The van der Waals surface area contributed by atoms with Crippen LogP contribution >= 0.6 is 0 Å². The topological polar surface area (TPSA) is 160 Å². The minimum Gasteiger partial charge on any atom is -0.506 e. The number of rotatable bonds is 16. The summed E-state index contributed by atoms with van der Waals surface area (Å²) < 4.78 is 18.8. The molecule has 10 nitrogen and oxygen atoms in total. The number of aliphatic carboxylic acids is 1. The fraction of sp³-hybridized carbons (Fsp3) is 0.564. The van der Waals surface area contributed by atoms with Crippen LogP contribution in [0.1, 0.15) is 116 Å². The third-order valence-electron chi connectivity index (χ3n) is 9.12. The molecule has 0 saturated carbocycles. The molecule has 2 heterocycles. The van der Waals surface area contributed by atoms with E-state index in [9.17, 15) is 29.7 Å². The quantitative estimate of drug-likeness (QED) is 0.0641. The molecule has 4 atom stereocenters. The van der Waals surface area contributed by atoms with E-state index in [2.05, 4.69) is 6.08 Å². The molecule has 4 N–H and O–H groups in total. The monoisotopic (exact) mass is 682 g/mol. The van der Waals surface area contributed by atoms with Crippen molar-refractivity contribution >= 4 is 24.1 Å². The van der Waals surface area contributed by atoms with E-state index in [0.29, 0.717) is 37.9 Å². The highest BCUT2D eigenvalue weighted by molar-refractivity contribution is 6.15. The Bertz CT molecular complexity index is 1530. The van der Waals surface area contributed by atoms with Crippen molar-refractivity contribution in [2.24, 2.45) is 5.92 Å². The van der Waals surface area contributed by atoms with Gasteiger partial charge in [0.2, 0.25) is 0 Å². The number of allylic oxidation sites excluding steroid dienone is 3. The Morgan fingerprint density at radius 1 is 1.12 bits per heavy atom. The minimum absolute atomic E-state index is 0.0829. The summed E-state index contributed by atoms with van der Waals surface area (Å²) in [5, 5.41) is 42.2.